The van der Waals surface area contributed by atoms with E-state index >= 15 is 0 Å². The zero-order chi connectivity index (χ0) is 14.1. The maximum Gasteiger partial charge on any atom is 0.255 e. The molecule has 4 nitrogen and oxygen atoms in total. The second-order valence-corrected chi connectivity index (χ2v) is 6.32. The lowest BCUT2D eigenvalue weighted by molar-refractivity contribution is 0.0774. The van der Waals surface area contributed by atoms with Gasteiger partial charge in [-0.3, -0.25) is 9.78 Å². The number of carbonyl (C=O) groups excluding carboxylic acids is 1. The highest BCUT2D eigenvalue weighted by molar-refractivity contribution is 6.30. The van der Waals surface area contributed by atoms with Gasteiger partial charge in [0.2, 0.25) is 0 Å². The summed E-state index contributed by atoms with van der Waals surface area (Å²) >= 11 is 5.97. The summed E-state index contributed by atoms with van der Waals surface area (Å²) in [5, 5.41) is 0.532. The Morgan fingerprint density at radius 3 is 2.95 bits per heavy atom. The molecule has 0 N–H and O–H groups in total. The molecule has 1 aromatic heterocycles. The summed E-state index contributed by atoms with van der Waals surface area (Å²) in [7, 11) is 1.87. The number of carbonyl (C=O) groups is 1. The van der Waals surface area contributed by atoms with Crippen molar-refractivity contribution in [1.29, 1.82) is 0 Å². The molecule has 0 bridgehead atoms. The molecule has 0 aromatic carbocycles. The van der Waals surface area contributed by atoms with Gasteiger partial charge in [-0.05, 0) is 50.9 Å². The van der Waals surface area contributed by atoms with E-state index < -0.39 is 0 Å². The highest BCUT2D eigenvalue weighted by Gasteiger charge is 2.27. The van der Waals surface area contributed by atoms with Crippen LogP contribution in [0.25, 0.3) is 0 Å². The predicted octanol–water partition coefficient (Wildman–Crippen LogP) is 2.08. The third-order valence-corrected chi connectivity index (χ3v) is 4.54. The van der Waals surface area contributed by atoms with Crippen molar-refractivity contribution in [3.05, 3.63) is 28.5 Å². The lowest BCUT2D eigenvalue weighted by Gasteiger charge is -2.32. The van der Waals surface area contributed by atoms with Crippen LogP contribution in [0, 0.1) is 5.92 Å². The smallest absolute Gasteiger partial charge is 0.255 e. The van der Waals surface area contributed by atoms with Gasteiger partial charge in [-0.25, -0.2) is 0 Å². The molecule has 3 heterocycles. The summed E-state index contributed by atoms with van der Waals surface area (Å²) in [6.07, 6.45) is 4.97. The average molecular weight is 294 g/mol. The first-order chi connectivity index (χ1) is 9.63. The van der Waals surface area contributed by atoms with Gasteiger partial charge in [0, 0.05) is 19.8 Å². The Kier molecular flexibility index (Phi) is 3.94. The summed E-state index contributed by atoms with van der Waals surface area (Å²) in [4.78, 5) is 21.0. The number of nitrogens with zero attached hydrogens (tertiary/aromatic N) is 3. The Bertz CT molecular complexity index is 516. The lowest BCUT2D eigenvalue weighted by Crippen LogP contribution is -2.39. The number of likely N-dealkylation sites (tertiary alicyclic amines) is 1. The third kappa shape index (κ3) is 2.81. The first kappa shape index (κ1) is 13.8. The molecule has 3 rings (SSSR count). The first-order valence-electron chi connectivity index (χ1n) is 7.25. The molecule has 1 aromatic rings. The van der Waals surface area contributed by atoms with Gasteiger partial charge in [0.15, 0.2) is 0 Å². The highest BCUT2D eigenvalue weighted by Crippen LogP contribution is 2.24. The predicted molar refractivity (Wildman–Crippen MR) is 79.1 cm³/mol. The molecule has 0 saturated carbocycles. The number of aromatic nitrogens is 1. The average Bonchev–Trinajstić information content (AvgIpc) is 2.47. The van der Waals surface area contributed by atoms with Crippen LogP contribution >= 0.6 is 11.6 Å². The van der Waals surface area contributed by atoms with Crippen molar-refractivity contribution >= 4 is 17.5 Å². The fraction of sp³-hybridized carbons (Fsp3) is 0.600. The van der Waals surface area contributed by atoms with E-state index in [4.69, 9.17) is 11.6 Å². The summed E-state index contributed by atoms with van der Waals surface area (Å²) in [5.74, 6) is 0.529. The number of pyridine rings is 1. The topological polar surface area (TPSA) is 36.4 Å². The monoisotopic (exact) mass is 293 g/mol. The normalized spacial score (nSPS) is 23.2. The Labute approximate surface area is 124 Å². The summed E-state index contributed by atoms with van der Waals surface area (Å²) < 4.78 is 0. The van der Waals surface area contributed by atoms with Crippen LogP contribution in [0.15, 0.2) is 12.3 Å². The van der Waals surface area contributed by atoms with E-state index in [1.807, 2.05) is 11.9 Å². The van der Waals surface area contributed by atoms with Gasteiger partial charge >= 0.3 is 0 Å². The van der Waals surface area contributed by atoms with E-state index in [0.29, 0.717) is 16.5 Å². The molecule has 2 aliphatic rings. The molecular weight excluding hydrogens is 274 g/mol. The zero-order valence-electron chi connectivity index (χ0n) is 11.8. The van der Waals surface area contributed by atoms with Gasteiger partial charge in [0.25, 0.3) is 5.91 Å². The molecule has 0 spiro atoms. The summed E-state index contributed by atoms with van der Waals surface area (Å²) in [6, 6.07) is 1.75. The quantitative estimate of drug-likeness (QED) is 0.856. The van der Waals surface area contributed by atoms with Gasteiger partial charge in [0.05, 0.1) is 16.3 Å². The number of hydrogen-bond donors (Lipinski definition) is 0. The van der Waals surface area contributed by atoms with Crippen molar-refractivity contribution in [2.75, 3.05) is 33.2 Å². The molecular formula is C15H20ClN3O. The fourth-order valence-corrected chi connectivity index (χ4v) is 3.15. The number of amides is 1. The molecule has 1 fully saturated rings. The SMILES string of the molecule is CN1CC(CCN2CCC2)Cc2ncc(Cl)cc2C1=O. The third-order valence-electron chi connectivity index (χ3n) is 4.33. The van der Waals surface area contributed by atoms with Crippen molar-refractivity contribution in [2.24, 2.45) is 5.92 Å². The molecule has 20 heavy (non-hydrogen) atoms. The first-order valence-corrected chi connectivity index (χ1v) is 7.63. The maximum absolute atomic E-state index is 12.4. The Morgan fingerprint density at radius 1 is 1.45 bits per heavy atom. The van der Waals surface area contributed by atoms with Crippen LogP contribution in [-0.4, -0.2) is 53.9 Å². The van der Waals surface area contributed by atoms with Crippen molar-refractivity contribution in [1.82, 2.24) is 14.8 Å². The zero-order valence-corrected chi connectivity index (χ0v) is 12.6. The van der Waals surface area contributed by atoms with E-state index in [0.717, 1.165) is 31.6 Å². The van der Waals surface area contributed by atoms with Crippen molar-refractivity contribution in [2.45, 2.75) is 19.3 Å². The van der Waals surface area contributed by atoms with E-state index in [-0.39, 0.29) is 5.91 Å². The number of hydrogen-bond acceptors (Lipinski definition) is 3. The lowest BCUT2D eigenvalue weighted by atomic mass is 9.97. The van der Waals surface area contributed by atoms with Crippen LogP contribution < -0.4 is 0 Å². The minimum atomic E-state index is 0.0430. The van der Waals surface area contributed by atoms with Crippen molar-refractivity contribution in [3.63, 3.8) is 0 Å². The number of halogens is 1. The largest absolute Gasteiger partial charge is 0.341 e. The van der Waals surface area contributed by atoms with Crippen LogP contribution in [-0.2, 0) is 6.42 Å². The van der Waals surface area contributed by atoms with E-state index in [1.165, 1.54) is 19.5 Å². The molecule has 0 aliphatic carbocycles. The minimum absolute atomic E-state index is 0.0430. The van der Waals surface area contributed by atoms with E-state index in [1.54, 1.807) is 12.3 Å². The summed E-state index contributed by atoms with van der Waals surface area (Å²) in [5.41, 5.74) is 1.57. The van der Waals surface area contributed by atoms with Crippen LogP contribution in [0.2, 0.25) is 5.02 Å². The molecule has 5 heteroatoms. The standard InChI is InChI=1S/C15H20ClN3O/c1-18-10-11(3-6-19-4-2-5-19)7-14-13(15(18)20)8-12(16)9-17-14/h8-9,11H,2-7,10H2,1H3. The second kappa shape index (κ2) is 5.70. The van der Waals surface area contributed by atoms with Crippen LogP contribution in [0.5, 0.6) is 0 Å². The molecule has 1 saturated heterocycles. The van der Waals surface area contributed by atoms with E-state index in [2.05, 4.69) is 9.88 Å². The number of rotatable bonds is 3. The molecule has 108 valence electrons. The fourth-order valence-electron chi connectivity index (χ4n) is 2.99. The number of fused-ring (bicyclic) bond motifs is 1. The molecule has 1 unspecified atom stereocenters. The minimum Gasteiger partial charge on any atom is -0.341 e. The van der Waals surface area contributed by atoms with Crippen molar-refractivity contribution < 1.29 is 4.79 Å². The molecule has 2 aliphatic heterocycles. The van der Waals surface area contributed by atoms with Crippen LogP contribution in [0.3, 0.4) is 0 Å². The summed E-state index contributed by atoms with van der Waals surface area (Å²) in [6.45, 7) is 4.40. The van der Waals surface area contributed by atoms with Gasteiger partial charge in [0.1, 0.15) is 0 Å². The van der Waals surface area contributed by atoms with Gasteiger partial charge in [-0.2, -0.15) is 0 Å². The van der Waals surface area contributed by atoms with Gasteiger partial charge < -0.3 is 9.80 Å². The van der Waals surface area contributed by atoms with Gasteiger partial charge in [-0.1, -0.05) is 11.6 Å². The molecule has 0 radical (unpaired) electrons. The maximum atomic E-state index is 12.4. The highest BCUT2D eigenvalue weighted by atomic mass is 35.5. The van der Waals surface area contributed by atoms with Crippen molar-refractivity contribution in [3.8, 4) is 0 Å². The second-order valence-electron chi connectivity index (χ2n) is 5.89. The Morgan fingerprint density at radius 2 is 2.25 bits per heavy atom. The Balaban J connectivity index is 1.75. The molecule has 1 atom stereocenters. The van der Waals surface area contributed by atoms with Gasteiger partial charge in [-0.15, -0.1) is 0 Å². The van der Waals surface area contributed by atoms with Crippen LogP contribution in [0.1, 0.15) is 28.9 Å². The van der Waals surface area contributed by atoms with E-state index in [9.17, 15) is 4.79 Å². The van der Waals surface area contributed by atoms with Crippen LogP contribution in [0.4, 0.5) is 0 Å². The Hall–Kier alpha value is -1.13. The molecule has 1 amide bonds.